The number of carbonyl (C=O) groups excluding carboxylic acids is 1. The van der Waals surface area contributed by atoms with Crippen molar-refractivity contribution in [3.05, 3.63) is 110 Å². The summed E-state index contributed by atoms with van der Waals surface area (Å²) in [6.45, 7) is 0.235. The Bertz CT molecular complexity index is 1500. The molecule has 7 heteroatoms. The molecule has 0 aliphatic heterocycles. The number of fused-ring (bicyclic) bond motifs is 1. The van der Waals surface area contributed by atoms with Crippen LogP contribution < -0.4 is 16.6 Å². The Hall–Kier alpha value is -3.64. The van der Waals surface area contributed by atoms with Crippen molar-refractivity contribution in [2.24, 2.45) is 0 Å². The van der Waals surface area contributed by atoms with E-state index >= 15 is 0 Å². The van der Waals surface area contributed by atoms with Crippen molar-refractivity contribution in [2.45, 2.75) is 44.7 Å². The smallest absolute Gasteiger partial charge is 0.336 e. The molecule has 0 bridgehead atoms. The molecule has 0 atom stereocenters. The first-order chi connectivity index (χ1) is 17.0. The summed E-state index contributed by atoms with van der Waals surface area (Å²) in [6, 6.07) is 21.7. The predicted molar refractivity (Wildman–Crippen MR) is 138 cm³/mol. The van der Waals surface area contributed by atoms with Gasteiger partial charge in [-0.05, 0) is 54.3 Å². The van der Waals surface area contributed by atoms with Crippen molar-refractivity contribution in [2.75, 3.05) is 0 Å². The second-order valence-corrected chi connectivity index (χ2v) is 9.42. The van der Waals surface area contributed by atoms with Gasteiger partial charge in [0.15, 0.2) is 0 Å². The van der Waals surface area contributed by atoms with Crippen LogP contribution in [0.2, 0.25) is 5.02 Å². The highest BCUT2D eigenvalue weighted by Crippen LogP contribution is 2.19. The number of amides is 1. The molecule has 0 unspecified atom stereocenters. The number of nitrogens with one attached hydrogen (secondary N) is 1. The minimum absolute atomic E-state index is 0.00498. The normalized spacial score (nSPS) is 13.9. The van der Waals surface area contributed by atoms with E-state index in [1.165, 1.54) is 4.57 Å². The number of aromatic nitrogens is 2. The van der Waals surface area contributed by atoms with Gasteiger partial charge in [0.25, 0.3) is 5.56 Å². The van der Waals surface area contributed by atoms with Crippen LogP contribution in [0.3, 0.4) is 0 Å². The number of hydrogen-bond acceptors (Lipinski definition) is 3. The lowest BCUT2D eigenvalue weighted by molar-refractivity contribution is -0.121. The molecule has 1 heterocycles. The number of rotatable bonds is 6. The fourth-order valence-electron chi connectivity index (χ4n) is 4.80. The Balaban J connectivity index is 1.50. The molecule has 1 saturated carbocycles. The molecule has 5 rings (SSSR count). The second-order valence-electron chi connectivity index (χ2n) is 9.01. The summed E-state index contributed by atoms with van der Waals surface area (Å²) in [4.78, 5) is 39.3. The molecule has 0 radical (unpaired) electrons. The van der Waals surface area contributed by atoms with Crippen LogP contribution in [-0.2, 0) is 17.8 Å². The fourth-order valence-corrected chi connectivity index (χ4v) is 4.99. The van der Waals surface area contributed by atoms with Gasteiger partial charge in [-0.25, -0.2) is 9.36 Å². The largest absolute Gasteiger partial charge is 0.353 e. The third-order valence-electron chi connectivity index (χ3n) is 6.62. The summed E-state index contributed by atoms with van der Waals surface area (Å²) < 4.78 is 2.75. The van der Waals surface area contributed by atoms with Gasteiger partial charge in [-0.1, -0.05) is 66.9 Å². The van der Waals surface area contributed by atoms with Crippen LogP contribution in [0.15, 0.2) is 82.4 Å². The molecular weight excluding hydrogens is 462 g/mol. The van der Waals surface area contributed by atoms with Crippen molar-refractivity contribution in [3.63, 3.8) is 0 Å². The maximum atomic E-state index is 13.6. The van der Waals surface area contributed by atoms with Crippen molar-refractivity contribution in [1.29, 1.82) is 0 Å². The number of hydrogen-bond donors (Lipinski definition) is 1. The van der Waals surface area contributed by atoms with E-state index in [2.05, 4.69) is 5.32 Å². The maximum Gasteiger partial charge on any atom is 0.336 e. The zero-order valence-corrected chi connectivity index (χ0v) is 20.0. The first-order valence-electron chi connectivity index (χ1n) is 11.9. The van der Waals surface area contributed by atoms with Gasteiger partial charge in [0, 0.05) is 11.1 Å². The maximum absolute atomic E-state index is 13.6. The lowest BCUT2D eigenvalue weighted by Crippen LogP contribution is -2.39. The SMILES string of the molecule is O=C(Cc1ccc(-n2c(=O)c3ccccc3n(Cc3ccccc3Cl)c2=O)cc1)NC1CCCC1. The summed E-state index contributed by atoms with van der Waals surface area (Å²) in [5.41, 5.74) is 1.80. The standard InChI is InChI=1S/C28H26ClN3O3/c29-24-11-5-1-7-20(24)18-31-25-12-6-4-10-23(25)27(34)32(28(31)35)22-15-13-19(14-16-22)17-26(33)30-21-8-2-3-9-21/h1,4-7,10-16,21H,2-3,8-9,17-18H2,(H,30,33). The topological polar surface area (TPSA) is 73.1 Å². The molecule has 1 aliphatic rings. The van der Waals surface area contributed by atoms with Gasteiger partial charge in [-0.15, -0.1) is 0 Å². The third-order valence-corrected chi connectivity index (χ3v) is 6.99. The zero-order valence-electron chi connectivity index (χ0n) is 19.2. The van der Waals surface area contributed by atoms with E-state index < -0.39 is 5.69 Å². The summed E-state index contributed by atoms with van der Waals surface area (Å²) in [5, 5.41) is 4.09. The van der Waals surface area contributed by atoms with Gasteiger partial charge in [0.05, 0.1) is 29.6 Å². The van der Waals surface area contributed by atoms with E-state index in [9.17, 15) is 14.4 Å². The molecule has 0 saturated heterocycles. The molecule has 178 valence electrons. The van der Waals surface area contributed by atoms with Crippen molar-refractivity contribution >= 4 is 28.4 Å². The first kappa shape index (κ1) is 23.1. The number of carbonyl (C=O) groups is 1. The van der Waals surface area contributed by atoms with E-state index in [1.54, 1.807) is 59.2 Å². The van der Waals surface area contributed by atoms with E-state index in [1.807, 2.05) is 18.2 Å². The van der Waals surface area contributed by atoms with E-state index in [0.717, 1.165) is 36.8 Å². The second kappa shape index (κ2) is 9.92. The highest BCUT2D eigenvalue weighted by atomic mass is 35.5. The third kappa shape index (κ3) is 4.80. The zero-order chi connectivity index (χ0) is 24.4. The number of halogens is 1. The molecule has 1 aromatic heterocycles. The van der Waals surface area contributed by atoms with E-state index in [0.29, 0.717) is 21.6 Å². The van der Waals surface area contributed by atoms with Gasteiger partial charge >= 0.3 is 5.69 Å². The summed E-state index contributed by atoms with van der Waals surface area (Å²) >= 11 is 6.36. The van der Waals surface area contributed by atoms with Crippen molar-refractivity contribution in [3.8, 4) is 5.69 Å². The first-order valence-corrected chi connectivity index (χ1v) is 12.3. The van der Waals surface area contributed by atoms with Gasteiger partial charge in [-0.3, -0.25) is 14.2 Å². The summed E-state index contributed by atoms with van der Waals surface area (Å²) in [7, 11) is 0. The average molecular weight is 488 g/mol. The monoisotopic (exact) mass is 487 g/mol. The molecule has 1 N–H and O–H groups in total. The molecule has 35 heavy (non-hydrogen) atoms. The quantitative estimate of drug-likeness (QED) is 0.436. The molecule has 1 aliphatic carbocycles. The van der Waals surface area contributed by atoms with E-state index in [4.69, 9.17) is 11.6 Å². The Morgan fingerprint density at radius 1 is 0.914 bits per heavy atom. The van der Waals surface area contributed by atoms with Crippen LogP contribution in [0.25, 0.3) is 16.6 Å². The lowest BCUT2D eigenvalue weighted by Gasteiger charge is -2.15. The predicted octanol–water partition coefficient (Wildman–Crippen LogP) is 4.46. The van der Waals surface area contributed by atoms with Gasteiger partial charge in [0.1, 0.15) is 0 Å². The van der Waals surface area contributed by atoms with Crippen LogP contribution in [0.5, 0.6) is 0 Å². The van der Waals surface area contributed by atoms with Crippen LogP contribution in [0.1, 0.15) is 36.8 Å². The summed E-state index contributed by atoms with van der Waals surface area (Å²) in [5.74, 6) is -0.00498. The van der Waals surface area contributed by atoms with Crippen LogP contribution in [-0.4, -0.2) is 21.1 Å². The number of para-hydroxylation sites is 1. The van der Waals surface area contributed by atoms with Crippen LogP contribution in [0.4, 0.5) is 0 Å². The van der Waals surface area contributed by atoms with Gasteiger partial charge < -0.3 is 5.32 Å². The highest BCUT2D eigenvalue weighted by molar-refractivity contribution is 6.31. The Morgan fingerprint density at radius 2 is 1.60 bits per heavy atom. The van der Waals surface area contributed by atoms with Crippen LogP contribution in [0, 0.1) is 0 Å². The van der Waals surface area contributed by atoms with Crippen molar-refractivity contribution < 1.29 is 4.79 Å². The molecule has 1 fully saturated rings. The number of nitrogens with zero attached hydrogens (tertiary/aromatic N) is 2. The van der Waals surface area contributed by atoms with E-state index in [-0.39, 0.29) is 30.5 Å². The molecular formula is C28H26ClN3O3. The molecule has 0 spiro atoms. The molecule has 3 aromatic carbocycles. The number of benzene rings is 3. The van der Waals surface area contributed by atoms with Gasteiger partial charge in [0.2, 0.25) is 5.91 Å². The van der Waals surface area contributed by atoms with Crippen LogP contribution >= 0.6 is 11.6 Å². The Labute approximate surface area is 207 Å². The average Bonchev–Trinajstić information content (AvgIpc) is 3.37. The van der Waals surface area contributed by atoms with Gasteiger partial charge in [-0.2, -0.15) is 0 Å². The summed E-state index contributed by atoms with van der Waals surface area (Å²) in [6.07, 6.45) is 4.66. The molecule has 1 amide bonds. The molecule has 4 aromatic rings. The minimum Gasteiger partial charge on any atom is -0.353 e. The molecule has 6 nitrogen and oxygen atoms in total. The highest BCUT2D eigenvalue weighted by Gasteiger charge is 2.18. The minimum atomic E-state index is -0.444. The lowest BCUT2D eigenvalue weighted by atomic mass is 10.1. The Kier molecular flexibility index (Phi) is 6.55. The Morgan fingerprint density at radius 3 is 2.34 bits per heavy atom. The van der Waals surface area contributed by atoms with Crippen molar-refractivity contribution in [1.82, 2.24) is 14.5 Å². The fraction of sp³-hybridized carbons (Fsp3) is 0.250.